The van der Waals surface area contributed by atoms with Crippen molar-refractivity contribution in [1.29, 1.82) is 0 Å². The van der Waals surface area contributed by atoms with Crippen LogP contribution in [0.5, 0.6) is 0 Å². The number of pyridine rings is 1. The molecule has 0 radical (unpaired) electrons. The molecule has 0 saturated heterocycles. The van der Waals surface area contributed by atoms with Crippen LogP contribution < -0.4 is 9.57 Å². The summed E-state index contributed by atoms with van der Waals surface area (Å²) in [6.45, 7) is 9.16. The molecular formula is C30H54NO2+. The first-order valence-electron chi connectivity index (χ1n) is 14.3. The third-order valence-electron chi connectivity index (χ3n) is 7.24. The third-order valence-corrected chi connectivity index (χ3v) is 7.24. The highest BCUT2D eigenvalue weighted by Crippen LogP contribution is 2.34. The number of aromatic nitrogens is 1. The van der Waals surface area contributed by atoms with E-state index < -0.39 is 0 Å². The fourth-order valence-electron chi connectivity index (χ4n) is 5.27. The van der Waals surface area contributed by atoms with Gasteiger partial charge in [0.25, 0.3) is 0 Å². The summed E-state index contributed by atoms with van der Waals surface area (Å²) in [6, 6.07) is 5.71. The molecule has 3 atom stereocenters. The van der Waals surface area contributed by atoms with E-state index in [4.69, 9.17) is 4.84 Å². The molecule has 1 heterocycles. The molecule has 1 aromatic rings. The number of rotatable bonds is 21. The average Bonchev–Trinajstić information content (AvgIpc) is 2.82. The zero-order chi connectivity index (χ0) is 24.2. The molecule has 0 N–H and O–H groups in total. The molecule has 0 bridgehead atoms. The van der Waals surface area contributed by atoms with Gasteiger partial charge in [0.1, 0.15) is 0 Å². The molecular weight excluding hydrogens is 406 g/mol. The Morgan fingerprint density at radius 2 is 1.30 bits per heavy atom. The van der Waals surface area contributed by atoms with Crippen molar-refractivity contribution in [2.75, 3.05) is 0 Å². The number of unbranched alkanes of at least 4 members (excludes halogenated alkanes) is 8. The van der Waals surface area contributed by atoms with Crippen LogP contribution in [0.3, 0.4) is 0 Å². The van der Waals surface area contributed by atoms with Gasteiger partial charge >= 0.3 is 5.97 Å². The molecule has 0 fully saturated rings. The van der Waals surface area contributed by atoms with Crippen molar-refractivity contribution in [3.05, 3.63) is 30.6 Å². The maximum atomic E-state index is 12.7. The minimum Gasteiger partial charge on any atom is -0.245 e. The van der Waals surface area contributed by atoms with Gasteiger partial charge in [-0.1, -0.05) is 130 Å². The van der Waals surface area contributed by atoms with E-state index >= 15 is 0 Å². The zero-order valence-electron chi connectivity index (χ0n) is 22.4. The second-order valence-corrected chi connectivity index (χ2v) is 10.1. The highest BCUT2D eigenvalue weighted by Gasteiger charge is 2.27. The van der Waals surface area contributed by atoms with Gasteiger partial charge in [-0.15, -0.1) is 0 Å². The van der Waals surface area contributed by atoms with E-state index in [-0.39, 0.29) is 5.97 Å². The lowest BCUT2D eigenvalue weighted by molar-refractivity contribution is -0.869. The van der Waals surface area contributed by atoms with E-state index in [9.17, 15) is 4.79 Å². The minimum absolute atomic E-state index is 0.0966. The summed E-state index contributed by atoms with van der Waals surface area (Å²) < 4.78 is 1.53. The van der Waals surface area contributed by atoms with Crippen LogP contribution in [0.15, 0.2) is 30.6 Å². The van der Waals surface area contributed by atoms with Crippen LogP contribution in [-0.2, 0) is 4.79 Å². The van der Waals surface area contributed by atoms with Gasteiger partial charge in [0.2, 0.25) is 12.4 Å². The smallest absolute Gasteiger partial charge is 0.245 e. The van der Waals surface area contributed by atoms with Gasteiger partial charge in [0.15, 0.2) is 0 Å². The Morgan fingerprint density at radius 3 is 1.88 bits per heavy atom. The molecule has 3 heteroatoms. The maximum absolute atomic E-state index is 12.7. The monoisotopic (exact) mass is 460 g/mol. The average molecular weight is 461 g/mol. The lowest BCUT2D eigenvalue weighted by Crippen LogP contribution is -2.45. The lowest BCUT2D eigenvalue weighted by Gasteiger charge is -2.29. The number of hydrogen-bond donors (Lipinski definition) is 0. The summed E-state index contributed by atoms with van der Waals surface area (Å²) in [5.41, 5.74) is 0. The van der Waals surface area contributed by atoms with Gasteiger partial charge in [-0.2, -0.15) is 4.84 Å². The molecule has 1 rings (SSSR count). The second kappa shape index (κ2) is 20.0. The third kappa shape index (κ3) is 14.5. The maximum Gasteiger partial charge on any atom is 0.380 e. The first-order valence-corrected chi connectivity index (χ1v) is 14.3. The van der Waals surface area contributed by atoms with E-state index in [2.05, 4.69) is 27.7 Å². The highest BCUT2D eigenvalue weighted by molar-refractivity contribution is 5.69. The van der Waals surface area contributed by atoms with Gasteiger partial charge in [0, 0.05) is 16.9 Å². The van der Waals surface area contributed by atoms with Gasteiger partial charge in [0.05, 0.1) is 6.42 Å². The fraction of sp³-hybridized carbons (Fsp3) is 0.800. The van der Waals surface area contributed by atoms with Crippen LogP contribution in [0.1, 0.15) is 137 Å². The summed E-state index contributed by atoms with van der Waals surface area (Å²) in [5.74, 6) is 1.77. The van der Waals surface area contributed by atoms with E-state index in [1.165, 1.54) is 101 Å². The first kappa shape index (κ1) is 29.7. The van der Waals surface area contributed by atoms with Gasteiger partial charge in [-0.3, -0.25) is 0 Å². The zero-order valence-corrected chi connectivity index (χ0v) is 22.4. The Kier molecular flexibility index (Phi) is 18.0. The number of carbonyl (C=O) groups excluding carboxylic acids is 1. The highest BCUT2D eigenvalue weighted by atomic mass is 16.7. The minimum atomic E-state index is -0.0966. The quantitative estimate of drug-likeness (QED) is 0.136. The number of hydrogen-bond acceptors (Lipinski definition) is 2. The molecule has 0 aliphatic heterocycles. The van der Waals surface area contributed by atoms with Crippen molar-refractivity contribution in [3.63, 3.8) is 0 Å². The van der Waals surface area contributed by atoms with Crippen LogP contribution in [-0.4, -0.2) is 5.97 Å². The molecule has 0 aromatic carbocycles. The standard InChI is InChI=1S/C30H54NO2/c1-5-9-11-13-16-21-27(20-7-3)25-29(22-17-14-12-10-6-2)28(8-4)26-30(32)33-31-23-18-15-19-24-31/h15,18-19,23-24,27-29H,5-14,16-17,20-22,25-26H2,1-4H3/q+1. The lowest BCUT2D eigenvalue weighted by atomic mass is 9.76. The Morgan fingerprint density at radius 1 is 0.697 bits per heavy atom. The predicted molar refractivity (Wildman–Crippen MR) is 140 cm³/mol. The van der Waals surface area contributed by atoms with Crippen molar-refractivity contribution in [1.82, 2.24) is 0 Å². The fourth-order valence-corrected chi connectivity index (χ4v) is 5.27. The van der Waals surface area contributed by atoms with Crippen molar-refractivity contribution >= 4 is 5.97 Å². The summed E-state index contributed by atoms with van der Waals surface area (Å²) in [6.07, 6.45) is 25.2. The van der Waals surface area contributed by atoms with Crippen molar-refractivity contribution in [3.8, 4) is 0 Å². The second-order valence-electron chi connectivity index (χ2n) is 10.1. The van der Waals surface area contributed by atoms with E-state index in [1.807, 2.05) is 18.2 Å². The molecule has 0 spiro atoms. The number of nitrogens with zero attached hydrogens (tertiary/aromatic N) is 1. The SMILES string of the molecule is CCCCCCCC(CCC)CC(CCCCCCC)C(CC)CC(=O)O[n+]1ccccc1. The number of carbonyl (C=O) groups is 1. The molecule has 190 valence electrons. The summed E-state index contributed by atoms with van der Waals surface area (Å²) in [4.78, 5) is 18.3. The molecule has 0 saturated carbocycles. The van der Waals surface area contributed by atoms with E-state index in [1.54, 1.807) is 12.4 Å². The molecule has 3 nitrogen and oxygen atoms in total. The van der Waals surface area contributed by atoms with Gasteiger partial charge in [-0.05, 0) is 24.2 Å². The van der Waals surface area contributed by atoms with Crippen molar-refractivity contribution < 1.29 is 14.4 Å². The normalized spacial score (nSPS) is 14.1. The van der Waals surface area contributed by atoms with E-state index in [0.717, 1.165) is 12.3 Å². The topological polar surface area (TPSA) is 30.2 Å². The predicted octanol–water partition coefficient (Wildman–Crippen LogP) is 8.49. The molecule has 0 amide bonds. The summed E-state index contributed by atoms with van der Waals surface area (Å²) >= 11 is 0. The largest absolute Gasteiger partial charge is 0.380 e. The Bertz CT molecular complexity index is 574. The molecule has 0 aliphatic carbocycles. The van der Waals surface area contributed by atoms with Crippen LogP contribution >= 0.6 is 0 Å². The van der Waals surface area contributed by atoms with Crippen LogP contribution in [0, 0.1) is 17.8 Å². The van der Waals surface area contributed by atoms with Gasteiger partial charge in [-0.25, -0.2) is 4.79 Å². The first-order chi connectivity index (χ1) is 16.1. The van der Waals surface area contributed by atoms with Crippen molar-refractivity contribution in [2.24, 2.45) is 17.8 Å². The molecule has 3 unspecified atom stereocenters. The van der Waals surface area contributed by atoms with Gasteiger partial charge < -0.3 is 0 Å². The van der Waals surface area contributed by atoms with Crippen LogP contribution in [0.4, 0.5) is 0 Å². The molecule has 0 aliphatic rings. The molecule has 33 heavy (non-hydrogen) atoms. The summed E-state index contributed by atoms with van der Waals surface area (Å²) in [7, 11) is 0. The molecule has 1 aromatic heterocycles. The van der Waals surface area contributed by atoms with Crippen LogP contribution in [0.2, 0.25) is 0 Å². The Labute approximate surface area is 205 Å². The Balaban J connectivity index is 2.72. The Hall–Kier alpha value is -1.38. The van der Waals surface area contributed by atoms with Crippen molar-refractivity contribution in [2.45, 2.75) is 137 Å². The summed E-state index contributed by atoms with van der Waals surface area (Å²) in [5, 5.41) is 0. The van der Waals surface area contributed by atoms with E-state index in [0.29, 0.717) is 18.3 Å². The van der Waals surface area contributed by atoms with Crippen LogP contribution in [0.25, 0.3) is 0 Å².